The second kappa shape index (κ2) is 9.65. The maximum Gasteiger partial charge on any atom is 0.338 e. The number of H-pyrrole nitrogens is 1. The van der Waals surface area contributed by atoms with Crippen LogP contribution in [-0.2, 0) is 4.74 Å². The average molecular weight is 486 g/mol. The second-order valence-corrected chi connectivity index (χ2v) is 8.22. The van der Waals surface area contributed by atoms with Gasteiger partial charge in [0.25, 0.3) is 5.91 Å². The van der Waals surface area contributed by atoms with Crippen molar-refractivity contribution in [1.82, 2.24) is 10.2 Å². The number of esters is 1. The summed E-state index contributed by atoms with van der Waals surface area (Å²) in [5.74, 6) is -0.412. The Balaban J connectivity index is 1.60. The van der Waals surface area contributed by atoms with Gasteiger partial charge in [0.15, 0.2) is 0 Å². The number of fused-ring (bicyclic) bond motifs is 1. The van der Waals surface area contributed by atoms with E-state index in [0.29, 0.717) is 40.4 Å². The third-order valence-corrected chi connectivity index (χ3v) is 6.03. The molecule has 4 aromatic rings. The molecule has 1 amide bonds. The van der Waals surface area contributed by atoms with Crippen molar-refractivity contribution < 1.29 is 23.5 Å². The maximum absolute atomic E-state index is 14.3. The fraction of sp³-hybridized carbons (Fsp3) is 0.179. The maximum atomic E-state index is 14.3. The summed E-state index contributed by atoms with van der Waals surface area (Å²) in [7, 11) is 0. The van der Waals surface area contributed by atoms with Gasteiger partial charge in [-0.3, -0.25) is 14.8 Å². The van der Waals surface area contributed by atoms with Gasteiger partial charge in [0.05, 0.1) is 30.5 Å². The van der Waals surface area contributed by atoms with E-state index in [2.05, 4.69) is 10.2 Å². The zero-order chi connectivity index (χ0) is 25.2. The Morgan fingerprint density at radius 2 is 1.78 bits per heavy atom. The first kappa shape index (κ1) is 23.3. The number of hydrogen-bond donors (Lipinski definition) is 1. The zero-order valence-corrected chi connectivity index (χ0v) is 19.8. The number of carbonyl (C=O) groups excluding carboxylic acids is 2. The number of nitrogens with one attached hydrogen (secondary N) is 1. The SMILES string of the molecule is CCOC(=O)c1ccc(N2C(=O)c3[nH]nc(-c4ccc(OCC)cc4)c3[C@@H]2c2cccc(F)c2)cc1. The first-order valence-electron chi connectivity index (χ1n) is 11.7. The van der Waals surface area contributed by atoms with Crippen molar-refractivity contribution >= 4 is 17.6 Å². The minimum atomic E-state index is -0.628. The number of ether oxygens (including phenoxy) is 2. The summed E-state index contributed by atoms with van der Waals surface area (Å²) in [6.45, 7) is 4.47. The molecule has 36 heavy (non-hydrogen) atoms. The molecule has 0 radical (unpaired) electrons. The summed E-state index contributed by atoms with van der Waals surface area (Å²) in [6.07, 6.45) is 0. The first-order valence-corrected chi connectivity index (χ1v) is 11.7. The van der Waals surface area contributed by atoms with E-state index in [1.165, 1.54) is 12.1 Å². The summed E-state index contributed by atoms with van der Waals surface area (Å²) < 4.78 is 24.9. The van der Waals surface area contributed by atoms with Crippen molar-refractivity contribution in [3.8, 4) is 17.0 Å². The molecule has 0 unspecified atom stereocenters. The van der Waals surface area contributed by atoms with Crippen molar-refractivity contribution in [3.05, 3.63) is 101 Å². The molecule has 0 saturated heterocycles. The molecule has 0 spiro atoms. The summed E-state index contributed by atoms with van der Waals surface area (Å²) in [5, 5.41) is 7.34. The first-order chi connectivity index (χ1) is 17.5. The Morgan fingerprint density at radius 3 is 2.44 bits per heavy atom. The van der Waals surface area contributed by atoms with Gasteiger partial charge in [-0.1, -0.05) is 12.1 Å². The van der Waals surface area contributed by atoms with Crippen LogP contribution < -0.4 is 9.64 Å². The van der Waals surface area contributed by atoms with Gasteiger partial charge in [0.1, 0.15) is 17.3 Å². The molecule has 1 N–H and O–H groups in total. The lowest BCUT2D eigenvalue weighted by Gasteiger charge is -2.26. The van der Waals surface area contributed by atoms with Gasteiger partial charge in [-0.2, -0.15) is 5.10 Å². The Labute approximate surface area is 207 Å². The van der Waals surface area contributed by atoms with Gasteiger partial charge < -0.3 is 9.47 Å². The van der Waals surface area contributed by atoms with Crippen molar-refractivity contribution in [1.29, 1.82) is 0 Å². The largest absolute Gasteiger partial charge is 0.494 e. The van der Waals surface area contributed by atoms with Crippen molar-refractivity contribution in [2.24, 2.45) is 0 Å². The number of nitrogens with zero attached hydrogens (tertiary/aromatic N) is 2. The molecule has 182 valence electrons. The highest BCUT2D eigenvalue weighted by molar-refractivity contribution is 6.12. The number of aromatic nitrogens is 2. The highest BCUT2D eigenvalue weighted by Gasteiger charge is 2.43. The second-order valence-electron chi connectivity index (χ2n) is 8.22. The zero-order valence-electron chi connectivity index (χ0n) is 19.8. The van der Waals surface area contributed by atoms with Crippen LogP contribution in [0.1, 0.15) is 51.9 Å². The number of halogens is 1. The van der Waals surface area contributed by atoms with E-state index in [0.717, 1.165) is 11.3 Å². The van der Waals surface area contributed by atoms with Crippen LogP contribution in [0.3, 0.4) is 0 Å². The summed E-state index contributed by atoms with van der Waals surface area (Å²) >= 11 is 0. The molecule has 0 bridgehead atoms. The minimum absolute atomic E-state index is 0.267. The van der Waals surface area contributed by atoms with E-state index in [9.17, 15) is 14.0 Å². The lowest BCUT2D eigenvalue weighted by molar-refractivity contribution is 0.0526. The molecular weight excluding hydrogens is 461 g/mol. The number of anilines is 1. The van der Waals surface area contributed by atoms with E-state index >= 15 is 0 Å². The number of amides is 1. The standard InChI is InChI=1S/C28H24FN3O4/c1-3-35-22-14-10-17(11-15-22)24-23-25(31-30-24)27(33)32(26(23)19-6-5-7-20(29)16-19)21-12-8-18(9-13-21)28(34)36-4-2/h5-16,26H,3-4H2,1-2H3,(H,30,31)/t26-/m0/s1. The quantitative estimate of drug-likeness (QED) is 0.348. The topological polar surface area (TPSA) is 84.5 Å². The molecule has 5 rings (SSSR count). The monoisotopic (exact) mass is 485 g/mol. The fourth-order valence-electron chi connectivity index (χ4n) is 4.47. The fourth-order valence-corrected chi connectivity index (χ4v) is 4.47. The highest BCUT2D eigenvalue weighted by atomic mass is 19.1. The Bertz CT molecular complexity index is 1410. The van der Waals surface area contributed by atoms with Crippen molar-refractivity contribution in [2.75, 3.05) is 18.1 Å². The van der Waals surface area contributed by atoms with Gasteiger partial charge in [-0.05, 0) is 80.1 Å². The van der Waals surface area contributed by atoms with Crippen LogP contribution >= 0.6 is 0 Å². The molecule has 1 atom stereocenters. The molecule has 1 aliphatic heterocycles. The van der Waals surface area contributed by atoms with E-state index in [4.69, 9.17) is 9.47 Å². The lowest BCUT2D eigenvalue weighted by atomic mass is 9.95. The Kier molecular flexibility index (Phi) is 6.25. The predicted octanol–water partition coefficient (Wildman–Crippen LogP) is 5.54. The molecule has 0 saturated carbocycles. The van der Waals surface area contributed by atoms with Crippen molar-refractivity contribution in [2.45, 2.75) is 19.9 Å². The van der Waals surface area contributed by atoms with Crippen LogP contribution in [0.15, 0.2) is 72.8 Å². The minimum Gasteiger partial charge on any atom is -0.494 e. The third-order valence-electron chi connectivity index (χ3n) is 6.03. The molecule has 2 heterocycles. The van der Waals surface area contributed by atoms with Crippen molar-refractivity contribution in [3.63, 3.8) is 0 Å². The van der Waals surface area contributed by atoms with E-state index in [1.807, 2.05) is 31.2 Å². The van der Waals surface area contributed by atoms with Crippen LogP contribution in [0.5, 0.6) is 5.75 Å². The normalized spacial score (nSPS) is 14.6. The summed E-state index contributed by atoms with van der Waals surface area (Å²) in [5.41, 5.74) is 3.93. The Morgan fingerprint density at radius 1 is 1.03 bits per heavy atom. The van der Waals surface area contributed by atoms with E-state index < -0.39 is 17.8 Å². The number of benzene rings is 3. The van der Waals surface area contributed by atoms with Crippen LogP contribution in [-0.4, -0.2) is 35.3 Å². The molecule has 0 aliphatic carbocycles. The molecule has 3 aromatic carbocycles. The van der Waals surface area contributed by atoms with Crippen LogP contribution in [0.2, 0.25) is 0 Å². The van der Waals surface area contributed by atoms with Gasteiger partial charge in [0, 0.05) is 16.8 Å². The van der Waals surface area contributed by atoms with Gasteiger partial charge in [0.2, 0.25) is 0 Å². The summed E-state index contributed by atoms with van der Waals surface area (Å²) in [6, 6.07) is 19.6. The number of hydrogen-bond acceptors (Lipinski definition) is 5. The smallest absolute Gasteiger partial charge is 0.338 e. The number of aromatic amines is 1. The Hall–Kier alpha value is -4.46. The van der Waals surface area contributed by atoms with Gasteiger partial charge in [-0.25, -0.2) is 9.18 Å². The molecule has 7 nitrogen and oxygen atoms in total. The molecule has 8 heteroatoms. The van der Waals surface area contributed by atoms with E-state index in [-0.39, 0.29) is 12.5 Å². The third kappa shape index (κ3) is 4.11. The average Bonchev–Trinajstić information content (AvgIpc) is 3.44. The highest BCUT2D eigenvalue weighted by Crippen LogP contribution is 2.45. The molecule has 0 fully saturated rings. The summed E-state index contributed by atoms with van der Waals surface area (Å²) in [4.78, 5) is 27.3. The van der Waals surface area contributed by atoms with Gasteiger partial charge in [-0.15, -0.1) is 0 Å². The van der Waals surface area contributed by atoms with Crippen LogP contribution in [0, 0.1) is 5.82 Å². The number of rotatable bonds is 7. The number of carbonyl (C=O) groups is 2. The molecular formula is C28H24FN3O4. The van der Waals surface area contributed by atoms with E-state index in [1.54, 1.807) is 48.2 Å². The van der Waals surface area contributed by atoms with Crippen LogP contribution in [0.4, 0.5) is 10.1 Å². The lowest BCUT2D eigenvalue weighted by Crippen LogP contribution is -2.29. The van der Waals surface area contributed by atoms with Gasteiger partial charge >= 0.3 is 5.97 Å². The van der Waals surface area contributed by atoms with Crippen LogP contribution in [0.25, 0.3) is 11.3 Å². The molecule has 1 aliphatic rings. The predicted molar refractivity (Wildman–Crippen MR) is 133 cm³/mol. The molecule has 1 aromatic heterocycles.